The first-order chi connectivity index (χ1) is 14.9. The second kappa shape index (κ2) is 12.9. The van der Waals surface area contributed by atoms with Crippen LogP contribution in [0.25, 0.3) is 0 Å². The largest absolute Gasteiger partial charge is 0.425 e. The van der Waals surface area contributed by atoms with Crippen LogP contribution in [0.5, 0.6) is 11.5 Å². The van der Waals surface area contributed by atoms with Crippen molar-refractivity contribution in [1.29, 1.82) is 0 Å². The number of ether oxygens (including phenoxy) is 5. The molecule has 0 heterocycles. The third-order valence-electron chi connectivity index (χ3n) is 3.57. The summed E-state index contributed by atoms with van der Waals surface area (Å²) in [6.45, 7) is 0.246. The van der Waals surface area contributed by atoms with E-state index in [0.717, 1.165) is 0 Å². The molecule has 166 valence electrons. The molecule has 0 bridgehead atoms. The summed E-state index contributed by atoms with van der Waals surface area (Å²) in [5, 5.41) is 10.6. The van der Waals surface area contributed by atoms with Gasteiger partial charge in [-0.3, -0.25) is 10.1 Å². The maximum atomic E-state index is 11.6. The number of nitrogens with zero attached hydrogens (tertiary/aromatic N) is 1. The predicted octanol–water partition coefficient (Wildman–Crippen LogP) is 1.74. The summed E-state index contributed by atoms with van der Waals surface area (Å²) in [5.41, 5.74) is 6.01. The standard InChI is InChI=1S/C20H22N2O9/c21-15-1-5-17(6-2-15)30-19(23)13-28-11-9-27-10-12-29-14-20(24)31-18-7-3-16(4-8-18)22(25)26/h1-8H,9-14,21H2. The Morgan fingerprint density at radius 2 is 1.16 bits per heavy atom. The number of carbonyl (C=O) groups excluding carboxylic acids is 2. The normalized spacial score (nSPS) is 10.5. The van der Waals surface area contributed by atoms with Crippen LogP contribution in [0, 0.1) is 10.1 Å². The molecule has 0 aliphatic rings. The molecule has 11 nitrogen and oxygen atoms in total. The number of anilines is 1. The number of carbonyl (C=O) groups is 2. The first kappa shape index (κ1) is 23.7. The molecule has 0 saturated carbocycles. The lowest BCUT2D eigenvalue weighted by Crippen LogP contribution is -2.19. The van der Waals surface area contributed by atoms with Crippen LogP contribution in [0.1, 0.15) is 0 Å². The van der Waals surface area contributed by atoms with Gasteiger partial charge in [-0.25, -0.2) is 9.59 Å². The van der Waals surface area contributed by atoms with Gasteiger partial charge >= 0.3 is 11.9 Å². The molecule has 2 aromatic carbocycles. The number of nitro benzene ring substituents is 1. The highest BCUT2D eigenvalue weighted by Crippen LogP contribution is 2.17. The zero-order valence-corrected chi connectivity index (χ0v) is 16.6. The Hall–Kier alpha value is -3.54. The summed E-state index contributed by atoms with van der Waals surface area (Å²) in [5.74, 6) is -0.623. The maximum absolute atomic E-state index is 11.6. The quantitative estimate of drug-likeness (QED) is 0.123. The Kier molecular flexibility index (Phi) is 9.88. The van der Waals surface area contributed by atoms with Gasteiger partial charge in [0.15, 0.2) is 0 Å². The molecule has 2 rings (SSSR count). The average Bonchev–Trinajstić information content (AvgIpc) is 2.74. The third kappa shape index (κ3) is 9.67. The van der Waals surface area contributed by atoms with Crippen LogP contribution in [-0.2, 0) is 23.8 Å². The van der Waals surface area contributed by atoms with Crippen LogP contribution in [-0.4, -0.2) is 56.5 Å². The summed E-state index contributed by atoms with van der Waals surface area (Å²) in [6.07, 6.45) is 0. The Bertz CT molecular complexity index is 854. The SMILES string of the molecule is Nc1ccc(OC(=O)COCCOCCOCC(=O)Oc2ccc([N+](=O)[O-])cc2)cc1. The Morgan fingerprint density at radius 1 is 0.742 bits per heavy atom. The smallest absolute Gasteiger partial charge is 0.337 e. The van der Waals surface area contributed by atoms with Crippen LogP contribution < -0.4 is 15.2 Å². The lowest BCUT2D eigenvalue weighted by molar-refractivity contribution is -0.384. The average molecular weight is 434 g/mol. The highest BCUT2D eigenvalue weighted by molar-refractivity contribution is 5.74. The Morgan fingerprint density at radius 3 is 1.61 bits per heavy atom. The number of hydrogen-bond acceptors (Lipinski definition) is 10. The zero-order valence-electron chi connectivity index (χ0n) is 16.6. The molecule has 0 aliphatic carbocycles. The van der Waals surface area contributed by atoms with E-state index in [1.54, 1.807) is 24.3 Å². The predicted molar refractivity (Wildman–Crippen MR) is 108 cm³/mol. The third-order valence-corrected chi connectivity index (χ3v) is 3.57. The number of non-ortho nitro benzene ring substituents is 1. The van der Waals surface area contributed by atoms with Crippen molar-refractivity contribution >= 4 is 23.3 Å². The zero-order chi connectivity index (χ0) is 22.5. The van der Waals surface area contributed by atoms with E-state index in [1.165, 1.54) is 24.3 Å². The van der Waals surface area contributed by atoms with Gasteiger partial charge in [0.2, 0.25) is 0 Å². The number of esters is 2. The van der Waals surface area contributed by atoms with Gasteiger partial charge in [0, 0.05) is 17.8 Å². The van der Waals surface area contributed by atoms with Crippen LogP contribution >= 0.6 is 0 Å². The highest BCUT2D eigenvalue weighted by atomic mass is 16.6. The monoisotopic (exact) mass is 434 g/mol. The summed E-state index contributed by atoms with van der Waals surface area (Å²) >= 11 is 0. The van der Waals surface area contributed by atoms with E-state index in [0.29, 0.717) is 11.4 Å². The maximum Gasteiger partial charge on any atom is 0.337 e. The molecule has 0 amide bonds. The van der Waals surface area contributed by atoms with Gasteiger partial charge in [0.05, 0.1) is 31.4 Å². The van der Waals surface area contributed by atoms with E-state index in [4.69, 9.17) is 29.4 Å². The molecule has 11 heteroatoms. The van der Waals surface area contributed by atoms with Gasteiger partial charge in [-0.2, -0.15) is 0 Å². The molecule has 0 spiro atoms. The molecule has 2 N–H and O–H groups in total. The van der Waals surface area contributed by atoms with E-state index in [-0.39, 0.29) is 51.1 Å². The van der Waals surface area contributed by atoms with Crippen molar-refractivity contribution in [3.8, 4) is 11.5 Å². The first-order valence-electron chi connectivity index (χ1n) is 9.18. The van der Waals surface area contributed by atoms with Crippen molar-refractivity contribution in [3.63, 3.8) is 0 Å². The fourth-order valence-electron chi connectivity index (χ4n) is 2.14. The van der Waals surface area contributed by atoms with Crippen molar-refractivity contribution in [2.75, 3.05) is 45.4 Å². The van der Waals surface area contributed by atoms with Crippen molar-refractivity contribution in [3.05, 3.63) is 58.6 Å². The lowest BCUT2D eigenvalue weighted by atomic mass is 10.3. The van der Waals surface area contributed by atoms with Gasteiger partial charge < -0.3 is 29.4 Å². The molecule has 0 aromatic heterocycles. The van der Waals surface area contributed by atoms with E-state index < -0.39 is 16.9 Å². The van der Waals surface area contributed by atoms with E-state index >= 15 is 0 Å². The van der Waals surface area contributed by atoms with Crippen molar-refractivity contribution in [1.82, 2.24) is 0 Å². The molecule has 0 unspecified atom stereocenters. The molecule has 0 atom stereocenters. The minimum absolute atomic E-state index is 0.101. The second-order valence-corrected chi connectivity index (χ2v) is 5.99. The van der Waals surface area contributed by atoms with E-state index in [9.17, 15) is 19.7 Å². The number of hydrogen-bond donors (Lipinski definition) is 1. The van der Waals surface area contributed by atoms with Crippen molar-refractivity contribution in [2.24, 2.45) is 0 Å². The fraction of sp³-hybridized carbons (Fsp3) is 0.300. The van der Waals surface area contributed by atoms with Crippen LogP contribution in [0.3, 0.4) is 0 Å². The van der Waals surface area contributed by atoms with Crippen LogP contribution in [0.2, 0.25) is 0 Å². The molecule has 0 aliphatic heterocycles. The van der Waals surface area contributed by atoms with E-state index in [1.807, 2.05) is 0 Å². The van der Waals surface area contributed by atoms with Gasteiger partial charge in [-0.15, -0.1) is 0 Å². The molecule has 0 radical (unpaired) electrons. The fourth-order valence-corrected chi connectivity index (χ4v) is 2.14. The molecule has 0 saturated heterocycles. The van der Waals surface area contributed by atoms with Gasteiger partial charge in [0.25, 0.3) is 5.69 Å². The summed E-state index contributed by atoms with van der Waals surface area (Å²) in [6, 6.07) is 11.5. The number of nitrogens with two attached hydrogens (primary N) is 1. The van der Waals surface area contributed by atoms with Crippen molar-refractivity contribution in [2.45, 2.75) is 0 Å². The minimum atomic E-state index is -0.642. The van der Waals surface area contributed by atoms with Crippen LogP contribution in [0.15, 0.2) is 48.5 Å². The van der Waals surface area contributed by atoms with Gasteiger partial charge in [0.1, 0.15) is 24.7 Å². The van der Waals surface area contributed by atoms with Gasteiger partial charge in [-0.1, -0.05) is 0 Å². The highest BCUT2D eigenvalue weighted by Gasteiger charge is 2.08. The number of nitro groups is 1. The van der Waals surface area contributed by atoms with Crippen LogP contribution in [0.4, 0.5) is 11.4 Å². The first-order valence-corrected chi connectivity index (χ1v) is 9.18. The molecule has 2 aromatic rings. The Labute approximate surface area is 177 Å². The van der Waals surface area contributed by atoms with Crippen molar-refractivity contribution < 1.29 is 38.2 Å². The lowest BCUT2D eigenvalue weighted by Gasteiger charge is -2.07. The van der Waals surface area contributed by atoms with Gasteiger partial charge in [-0.05, 0) is 36.4 Å². The molecule has 0 fully saturated rings. The summed E-state index contributed by atoms with van der Waals surface area (Å²) in [7, 11) is 0. The molecular formula is C20H22N2O9. The number of benzene rings is 2. The van der Waals surface area contributed by atoms with E-state index in [2.05, 4.69) is 0 Å². The topological polar surface area (TPSA) is 149 Å². The number of nitrogen functional groups attached to an aromatic ring is 1. The molecular weight excluding hydrogens is 412 g/mol. The summed E-state index contributed by atoms with van der Waals surface area (Å²) < 4.78 is 25.6. The Balaban J connectivity index is 1.45. The summed E-state index contributed by atoms with van der Waals surface area (Å²) in [4.78, 5) is 33.2. The second-order valence-electron chi connectivity index (χ2n) is 5.99. The number of rotatable bonds is 13. The minimum Gasteiger partial charge on any atom is -0.425 e. The molecule has 31 heavy (non-hydrogen) atoms.